The van der Waals surface area contributed by atoms with Crippen molar-refractivity contribution in [1.82, 2.24) is 0 Å². The predicted molar refractivity (Wildman–Crippen MR) is 57.6 cm³/mol. The highest BCUT2D eigenvalue weighted by atomic mass is 16.5. The number of aliphatic hydroxyl groups is 1. The van der Waals surface area contributed by atoms with Crippen LogP contribution in [0, 0.1) is 0 Å². The molecule has 0 spiro atoms. The number of carboxylic acids is 1. The van der Waals surface area contributed by atoms with Gasteiger partial charge in [-0.15, -0.1) is 0 Å². The van der Waals surface area contributed by atoms with Crippen molar-refractivity contribution in [1.29, 1.82) is 0 Å². The number of benzene rings is 1. The summed E-state index contributed by atoms with van der Waals surface area (Å²) >= 11 is 0. The molecule has 1 aromatic rings. The third kappa shape index (κ3) is 1.76. The first-order chi connectivity index (χ1) is 7.55. The van der Waals surface area contributed by atoms with Gasteiger partial charge in [-0.2, -0.15) is 0 Å². The molecule has 2 rings (SSSR count). The molecule has 4 heteroatoms. The van der Waals surface area contributed by atoms with Crippen LogP contribution >= 0.6 is 0 Å². The van der Waals surface area contributed by atoms with Crippen LogP contribution in [-0.4, -0.2) is 28.9 Å². The van der Waals surface area contributed by atoms with Crippen molar-refractivity contribution in [2.75, 3.05) is 7.11 Å². The molecule has 0 saturated heterocycles. The van der Waals surface area contributed by atoms with Crippen molar-refractivity contribution in [2.24, 2.45) is 0 Å². The highest BCUT2D eigenvalue weighted by Gasteiger charge is 2.39. The Balaban J connectivity index is 2.35. The Hall–Kier alpha value is -1.55. The van der Waals surface area contributed by atoms with Gasteiger partial charge in [0.1, 0.15) is 5.75 Å². The summed E-state index contributed by atoms with van der Waals surface area (Å²) < 4.78 is 5.08. The van der Waals surface area contributed by atoms with Gasteiger partial charge in [-0.3, -0.25) is 0 Å². The number of hydrogen-bond acceptors (Lipinski definition) is 3. The molecule has 0 radical (unpaired) electrons. The molecule has 1 aliphatic rings. The topological polar surface area (TPSA) is 66.8 Å². The molecule has 0 bridgehead atoms. The summed E-state index contributed by atoms with van der Waals surface area (Å²) in [7, 11) is 1.56. The maximum atomic E-state index is 11.0. The zero-order chi connectivity index (χ0) is 11.8. The van der Waals surface area contributed by atoms with Crippen LogP contribution in [0.3, 0.4) is 0 Å². The predicted octanol–water partition coefficient (Wildman–Crippen LogP) is 1.000. The van der Waals surface area contributed by atoms with Crippen LogP contribution in [0.2, 0.25) is 0 Å². The molecule has 1 unspecified atom stereocenters. The molecule has 4 nitrogen and oxygen atoms in total. The average Bonchev–Trinajstić information content (AvgIpc) is 2.27. The van der Waals surface area contributed by atoms with Crippen LogP contribution < -0.4 is 4.74 Å². The minimum Gasteiger partial charge on any atom is -0.497 e. The number of fused-ring (bicyclic) bond motifs is 1. The molecular weight excluding hydrogens is 208 g/mol. The molecule has 0 fully saturated rings. The van der Waals surface area contributed by atoms with E-state index in [4.69, 9.17) is 9.84 Å². The highest BCUT2D eigenvalue weighted by Crippen LogP contribution is 2.31. The summed E-state index contributed by atoms with van der Waals surface area (Å²) in [6.07, 6.45) is 0.999. The zero-order valence-electron chi connectivity index (χ0n) is 9.06. The van der Waals surface area contributed by atoms with Crippen LogP contribution in [-0.2, 0) is 17.6 Å². The van der Waals surface area contributed by atoms with E-state index in [2.05, 4.69) is 0 Å². The van der Waals surface area contributed by atoms with Crippen LogP contribution in [0.5, 0.6) is 5.75 Å². The summed E-state index contributed by atoms with van der Waals surface area (Å²) in [6.45, 7) is 0. The van der Waals surface area contributed by atoms with Gasteiger partial charge in [0.25, 0.3) is 0 Å². The second-order valence-electron chi connectivity index (χ2n) is 4.15. The van der Waals surface area contributed by atoms with Crippen molar-refractivity contribution < 1.29 is 19.7 Å². The molecule has 1 atom stereocenters. The maximum Gasteiger partial charge on any atom is 0.336 e. The van der Waals surface area contributed by atoms with E-state index in [1.807, 2.05) is 12.1 Å². The third-order valence-electron chi connectivity index (χ3n) is 3.10. The first kappa shape index (κ1) is 11.0. The fraction of sp³-hybridized carbons (Fsp3) is 0.417. The summed E-state index contributed by atoms with van der Waals surface area (Å²) in [5.74, 6) is -0.464. The molecule has 1 aromatic carbocycles. The molecule has 1 aliphatic carbocycles. The Morgan fingerprint density at radius 1 is 1.44 bits per heavy atom. The van der Waals surface area contributed by atoms with E-state index in [1.54, 1.807) is 13.2 Å². The molecular formula is C12H14O4. The van der Waals surface area contributed by atoms with Gasteiger partial charge < -0.3 is 14.9 Å². The fourth-order valence-electron chi connectivity index (χ4n) is 2.07. The second-order valence-corrected chi connectivity index (χ2v) is 4.15. The number of carbonyl (C=O) groups is 1. The molecule has 2 N–H and O–H groups in total. The molecule has 0 saturated carbocycles. The summed E-state index contributed by atoms with van der Waals surface area (Å²) in [6, 6.07) is 5.57. The monoisotopic (exact) mass is 222 g/mol. The van der Waals surface area contributed by atoms with E-state index in [0.29, 0.717) is 12.2 Å². The number of ether oxygens (including phenoxy) is 1. The lowest BCUT2D eigenvalue weighted by Crippen LogP contribution is -2.43. The van der Waals surface area contributed by atoms with Gasteiger partial charge in [-0.05, 0) is 36.1 Å². The van der Waals surface area contributed by atoms with E-state index >= 15 is 0 Å². The summed E-state index contributed by atoms with van der Waals surface area (Å²) in [4.78, 5) is 11.0. The van der Waals surface area contributed by atoms with Crippen molar-refractivity contribution in [3.63, 3.8) is 0 Å². The van der Waals surface area contributed by atoms with Crippen molar-refractivity contribution in [3.05, 3.63) is 29.3 Å². The van der Waals surface area contributed by atoms with E-state index in [-0.39, 0.29) is 12.8 Å². The number of hydrogen-bond donors (Lipinski definition) is 2. The molecule has 0 heterocycles. The lowest BCUT2D eigenvalue weighted by atomic mass is 9.80. The number of aliphatic carboxylic acids is 1. The lowest BCUT2D eigenvalue weighted by molar-refractivity contribution is -0.159. The zero-order valence-corrected chi connectivity index (χ0v) is 9.06. The van der Waals surface area contributed by atoms with Gasteiger partial charge in [-0.25, -0.2) is 4.79 Å². The second kappa shape index (κ2) is 3.79. The van der Waals surface area contributed by atoms with Crippen LogP contribution in [0.15, 0.2) is 18.2 Å². The summed E-state index contributed by atoms with van der Waals surface area (Å²) in [5, 5.41) is 18.9. The summed E-state index contributed by atoms with van der Waals surface area (Å²) in [5.41, 5.74) is 0.321. The van der Waals surface area contributed by atoms with Crippen molar-refractivity contribution in [2.45, 2.75) is 24.9 Å². The third-order valence-corrected chi connectivity index (χ3v) is 3.10. The standard InChI is InChI=1S/C12H14O4/c1-16-10-3-2-8-4-5-12(15,11(13)14)7-9(8)6-10/h2-3,6,15H,4-5,7H2,1H3,(H,13,14). The molecule has 16 heavy (non-hydrogen) atoms. The van der Waals surface area contributed by atoms with Gasteiger partial charge in [-0.1, -0.05) is 6.07 Å². The van der Waals surface area contributed by atoms with E-state index in [1.165, 1.54) is 0 Å². The SMILES string of the molecule is COc1ccc2c(c1)CC(O)(C(=O)O)CC2. The first-order valence-corrected chi connectivity index (χ1v) is 5.17. The first-order valence-electron chi connectivity index (χ1n) is 5.17. The van der Waals surface area contributed by atoms with E-state index in [0.717, 1.165) is 11.1 Å². The normalized spacial score (nSPS) is 23.6. The minimum absolute atomic E-state index is 0.148. The number of carboxylic acid groups (broad SMARTS) is 1. The largest absolute Gasteiger partial charge is 0.497 e. The Kier molecular flexibility index (Phi) is 2.59. The number of rotatable bonds is 2. The molecule has 0 amide bonds. The Morgan fingerprint density at radius 3 is 2.81 bits per heavy atom. The van der Waals surface area contributed by atoms with Crippen LogP contribution in [0.1, 0.15) is 17.5 Å². The fourth-order valence-corrected chi connectivity index (χ4v) is 2.07. The minimum atomic E-state index is -1.63. The average molecular weight is 222 g/mol. The van der Waals surface area contributed by atoms with Gasteiger partial charge in [0, 0.05) is 6.42 Å². The van der Waals surface area contributed by atoms with Crippen LogP contribution in [0.25, 0.3) is 0 Å². The molecule has 0 aromatic heterocycles. The van der Waals surface area contributed by atoms with Crippen molar-refractivity contribution in [3.8, 4) is 5.75 Å². The van der Waals surface area contributed by atoms with Gasteiger partial charge >= 0.3 is 5.97 Å². The quantitative estimate of drug-likeness (QED) is 0.783. The smallest absolute Gasteiger partial charge is 0.336 e. The number of methoxy groups -OCH3 is 1. The Morgan fingerprint density at radius 2 is 2.19 bits per heavy atom. The van der Waals surface area contributed by atoms with Crippen LogP contribution in [0.4, 0.5) is 0 Å². The van der Waals surface area contributed by atoms with Gasteiger partial charge in [0.15, 0.2) is 5.60 Å². The highest BCUT2D eigenvalue weighted by molar-refractivity contribution is 5.78. The lowest BCUT2D eigenvalue weighted by Gasteiger charge is -2.29. The van der Waals surface area contributed by atoms with Gasteiger partial charge in [0.05, 0.1) is 7.11 Å². The van der Waals surface area contributed by atoms with E-state index < -0.39 is 11.6 Å². The van der Waals surface area contributed by atoms with E-state index in [9.17, 15) is 9.90 Å². The molecule has 0 aliphatic heterocycles. The van der Waals surface area contributed by atoms with Crippen molar-refractivity contribution >= 4 is 5.97 Å². The Labute approximate surface area is 93.5 Å². The number of aryl methyl sites for hydroxylation is 1. The molecule has 86 valence electrons. The maximum absolute atomic E-state index is 11.0. The Bertz CT molecular complexity index is 427. The van der Waals surface area contributed by atoms with Gasteiger partial charge in [0.2, 0.25) is 0 Å².